The number of ketones is 1. The summed E-state index contributed by atoms with van der Waals surface area (Å²) in [5, 5.41) is 22.2. The number of carbonyl (C=O) groups excluding carboxylic acids is 1. The van der Waals surface area contributed by atoms with E-state index in [1.807, 2.05) is 18.4 Å². The number of aliphatic hydroxyl groups is 2. The molecule has 0 bridgehead atoms. The van der Waals surface area contributed by atoms with Crippen LogP contribution in [-0.4, -0.2) is 22.1 Å². The first-order valence-corrected chi connectivity index (χ1v) is 7.61. The zero-order valence-corrected chi connectivity index (χ0v) is 11.8. The average Bonchev–Trinajstić information content (AvgIpc) is 2.88. The molecule has 0 atom stereocenters. The molecule has 0 aliphatic heterocycles. The van der Waals surface area contributed by atoms with Gasteiger partial charge in [-0.15, -0.1) is 11.3 Å². The molecule has 3 nitrogen and oxygen atoms in total. The standard InChI is InChI=1S/C15H18O3S/c1-9-11(4-7-19-9)13-12(17)8-15(14(13)18)5-2-10(16)3-6-15/h4,7,10,16,18H,2-3,5-6,8H2,1H3. The number of allylic oxidation sites excluding steroid dienone is 2. The van der Waals surface area contributed by atoms with Crippen molar-refractivity contribution < 1.29 is 15.0 Å². The minimum absolute atomic E-state index is 0.0513. The van der Waals surface area contributed by atoms with Gasteiger partial charge in [0.1, 0.15) is 5.76 Å². The van der Waals surface area contributed by atoms with Gasteiger partial charge in [0.2, 0.25) is 0 Å². The Hall–Kier alpha value is -1.13. The van der Waals surface area contributed by atoms with Crippen LogP contribution in [0.25, 0.3) is 5.57 Å². The van der Waals surface area contributed by atoms with Gasteiger partial charge in [0.25, 0.3) is 0 Å². The number of carbonyl (C=O) groups is 1. The van der Waals surface area contributed by atoms with Crippen molar-refractivity contribution in [2.75, 3.05) is 0 Å². The van der Waals surface area contributed by atoms with Crippen LogP contribution in [0.15, 0.2) is 17.2 Å². The van der Waals surface area contributed by atoms with Gasteiger partial charge in [-0.25, -0.2) is 0 Å². The summed E-state index contributed by atoms with van der Waals surface area (Å²) in [5.74, 6) is 0.321. The zero-order chi connectivity index (χ0) is 13.6. The molecule has 2 aliphatic rings. The van der Waals surface area contributed by atoms with Crippen LogP contribution in [0.3, 0.4) is 0 Å². The molecule has 102 valence electrons. The Balaban J connectivity index is 2.02. The maximum absolute atomic E-state index is 12.3. The highest BCUT2D eigenvalue weighted by atomic mass is 32.1. The smallest absolute Gasteiger partial charge is 0.167 e. The quantitative estimate of drug-likeness (QED) is 0.829. The molecule has 0 amide bonds. The van der Waals surface area contributed by atoms with Gasteiger partial charge in [0, 0.05) is 22.3 Å². The van der Waals surface area contributed by atoms with Gasteiger partial charge in [0.15, 0.2) is 5.78 Å². The van der Waals surface area contributed by atoms with E-state index in [-0.39, 0.29) is 17.6 Å². The zero-order valence-electron chi connectivity index (χ0n) is 11.0. The summed E-state index contributed by atoms with van der Waals surface area (Å²) in [4.78, 5) is 13.4. The molecule has 2 N–H and O–H groups in total. The van der Waals surface area contributed by atoms with E-state index in [9.17, 15) is 15.0 Å². The normalized spacial score (nSPS) is 31.5. The van der Waals surface area contributed by atoms with E-state index in [2.05, 4.69) is 0 Å². The maximum Gasteiger partial charge on any atom is 0.167 e. The third-order valence-electron chi connectivity index (χ3n) is 4.56. The Bertz CT molecular complexity index is 547. The largest absolute Gasteiger partial charge is 0.511 e. The van der Waals surface area contributed by atoms with E-state index in [0.29, 0.717) is 37.7 Å². The highest BCUT2D eigenvalue weighted by molar-refractivity contribution is 7.10. The van der Waals surface area contributed by atoms with E-state index in [1.54, 1.807) is 11.3 Å². The molecule has 1 saturated carbocycles. The van der Waals surface area contributed by atoms with Crippen LogP contribution in [0, 0.1) is 12.3 Å². The van der Waals surface area contributed by atoms with Crippen molar-refractivity contribution in [1.82, 2.24) is 0 Å². The molecule has 19 heavy (non-hydrogen) atoms. The van der Waals surface area contributed by atoms with Crippen molar-refractivity contribution >= 4 is 22.7 Å². The molecule has 0 unspecified atom stereocenters. The number of hydrogen-bond acceptors (Lipinski definition) is 4. The summed E-state index contributed by atoms with van der Waals surface area (Å²) in [7, 11) is 0. The lowest BCUT2D eigenvalue weighted by molar-refractivity contribution is -0.115. The number of Topliss-reactive ketones (excluding diaryl/α,β-unsaturated/α-hetero) is 1. The number of aliphatic hydroxyl groups excluding tert-OH is 2. The third-order valence-corrected chi connectivity index (χ3v) is 5.40. The fourth-order valence-electron chi connectivity index (χ4n) is 3.37. The molecule has 0 radical (unpaired) electrons. The highest BCUT2D eigenvalue weighted by Crippen LogP contribution is 2.52. The molecule has 2 aliphatic carbocycles. The Labute approximate surface area is 116 Å². The SMILES string of the molecule is Cc1sccc1C1=C(O)C2(CCC(O)CC2)CC1=O. The van der Waals surface area contributed by atoms with E-state index >= 15 is 0 Å². The lowest BCUT2D eigenvalue weighted by atomic mass is 9.72. The summed E-state index contributed by atoms with van der Waals surface area (Å²) in [6, 6.07) is 1.92. The van der Waals surface area contributed by atoms with Crippen LogP contribution in [0.5, 0.6) is 0 Å². The van der Waals surface area contributed by atoms with Gasteiger partial charge >= 0.3 is 0 Å². The fourth-order valence-corrected chi connectivity index (χ4v) is 4.07. The molecule has 4 heteroatoms. The maximum atomic E-state index is 12.3. The first-order chi connectivity index (χ1) is 9.03. The summed E-state index contributed by atoms with van der Waals surface area (Å²) in [6.07, 6.45) is 2.88. The van der Waals surface area contributed by atoms with E-state index in [4.69, 9.17) is 0 Å². The highest BCUT2D eigenvalue weighted by Gasteiger charge is 2.48. The lowest BCUT2D eigenvalue weighted by Crippen LogP contribution is -2.30. The second-order valence-corrected chi connectivity index (χ2v) is 6.85. The van der Waals surface area contributed by atoms with Gasteiger partial charge in [0.05, 0.1) is 11.7 Å². The van der Waals surface area contributed by atoms with Crippen molar-refractivity contribution in [1.29, 1.82) is 0 Å². The van der Waals surface area contributed by atoms with Gasteiger partial charge < -0.3 is 10.2 Å². The third kappa shape index (κ3) is 1.94. The molecule has 1 heterocycles. The monoisotopic (exact) mass is 278 g/mol. The number of rotatable bonds is 1. The first kappa shape index (κ1) is 12.9. The van der Waals surface area contributed by atoms with Crippen molar-refractivity contribution in [2.45, 2.75) is 45.1 Å². The second kappa shape index (κ2) is 4.46. The summed E-state index contributed by atoms with van der Waals surface area (Å²) < 4.78 is 0. The van der Waals surface area contributed by atoms with Crippen LogP contribution >= 0.6 is 11.3 Å². The van der Waals surface area contributed by atoms with Gasteiger partial charge in [-0.2, -0.15) is 0 Å². The number of thiophene rings is 1. The van der Waals surface area contributed by atoms with Crippen LogP contribution in [0.1, 0.15) is 42.5 Å². The minimum Gasteiger partial charge on any atom is -0.511 e. The fraction of sp³-hybridized carbons (Fsp3) is 0.533. The molecule has 0 aromatic carbocycles. The second-order valence-electron chi connectivity index (χ2n) is 5.73. The summed E-state index contributed by atoms with van der Waals surface area (Å²) in [5.41, 5.74) is 1.01. The molecular formula is C15H18O3S. The topological polar surface area (TPSA) is 57.5 Å². The first-order valence-electron chi connectivity index (χ1n) is 6.73. The summed E-state index contributed by atoms with van der Waals surface area (Å²) >= 11 is 1.59. The Kier molecular flexibility index (Phi) is 3.02. The average molecular weight is 278 g/mol. The van der Waals surface area contributed by atoms with E-state index < -0.39 is 5.41 Å². The number of aryl methyl sites for hydroxylation is 1. The van der Waals surface area contributed by atoms with Crippen LogP contribution in [0.2, 0.25) is 0 Å². The Morgan fingerprint density at radius 2 is 2.05 bits per heavy atom. The van der Waals surface area contributed by atoms with Crippen molar-refractivity contribution in [3.05, 3.63) is 27.6 Å². The Morgan fingerprint density at radius 1 is 1.37 bits per heavy atom. The molecule has 0 saturated heterocycles. The van der Waals surface area contributed by atoms with Crippen molar-refractivity contribution in [2.24, 2.45) is 5.41 Å². The van der Waals surface area contributed by atoms with Crippen LogP contribution in [0.4, 0.5) is 0 Å². The van der Waals surface area contributed by atoms with E-state index in [0.717, 1.165) is 10.4 Å². The molecule has 1 fully saturated rings. The van der Waals surface area contributed by atoms with Crippen molar-refractivity contribution in [3.8, 4) is 0 Å². The van der Waals surface area contributed by atoms with Gasteiger partial charge in [-0.1, -0.05) is 0 Å². The predicted octanol–water partition coefficient (Wildman–Crippen LogP) is 3.22. The van der Waals surface area contributed by atoms with Crippen molar-refractivity contribution in [3.63, 3.8) is 0 Å². The number of hydrogen-bond donors (Lipinski definition) is 2. The van der Waals surface area contributed by atoms with Crippen LogP contribution in [-0.2, 0) is 4.79 Å². The molecular weight excluding hydrogens is 260 g/mol. The van der Waals surface area contributed by atoms with E-state index in [1.165, 1.54) is 0 Å². The molecule has 3 rings (SSSR count). The van der Waals surface area contributed by atoms with Gasteiger partial charge in [-0.3, -0.25) is 4.79 Å². The van der Waals surface area contributed by atoms with Gasteiger partial charge in [-0.05, 0) is 44.1 Å². The molecule has 1 aromatic rings. The Morgan fingerprint density at radius 3 is 2.63 bits per heavy atom. The molecule has 1 aromatic heterocycles. The minimum atomic E-state index is -0.403. The lowest BCUT2D eigenvalue weighted by Gasteiger charge is -2.34. The summed E-state index contributed by atoms with van der Waals surface area (Å²) in [6.45, 7) is 1.98. The van der Waals surface area contributed by atoms with Crippen LogP contribution < -0.4 is 0 Å². The molecule has 1 spiro atoms. The predicted molar refractivity (Wildman–Crippen MR) is 75.1 cm³/mol.